The molecule has 21 heavy (non-hydrogen) atoms. The van der Waals surface area contributed by atoms with E-state index in [0.29, 0.717) is 5.56 Å². The molecule has 0 heterocycles. The van der Waals surface area contributed by atoms with Crippen molar-refractivity contribution in [3.05, 3.63) is 34.6 Å². The maximum absolute atomic E-state index is 13.3. The third kappa shape index (κ3) is 5.99. The number of carbonyl (C=O) groups is 2. The third-order valence-corrected chi connectivity index (χ3v) is 2.72. The topological polar surface area (TPSA) is 75.6 Å². The Bertz CT molecular complexity index is 542. The summed E-state index contributed by atoms with van der Waals surface area (Å²) in [5, 5.41) is 11.3. The average Bonchev–Trinajstić information content (AvgIpc) is 2.30. The zero-order chi connectivity index (χ0) is 16.2. The van der Waals surface area contributed by atoms with E-state index in [9.17, 15) is 14.0 Å². The van der Waals surface area contributed by atoms with Crippen molar-refractivity contribution in [2.45, 2.75) is 38.8 Å². The smallest absolute Gasteiger partial charge is 0.408 e. The van der Waals surface area contributed by atoms with Gasteiger partial charge in [0.2, 0.25) is 0 Å². The summed E-state index contributed by atoms with van der Waals surface area (Å²) in [6.45, 7) is 4.99. The van der Waals surface area contributed by atoms with Crippen LogP contribution in [-0.2, 0) is 16.0 Å². The summed E-state index contributed by atoms with van der Waals surface area (Å²) in [6.07, 6.45) is -0.924. The Hall–Kier alpha value is -1.82. The molecular formula is C14H17ClFNO4. The molecular weight excluding hydrogens is 301 g/mol. The fourth-order valence-corrected chi connectivity index (χ4v) is 1.67. The van der Waals surface area contributed by atoms with E-state index in [1.54, 1.807) is 20.8 Å². The van der Waals surface area contributed by atoms with Gasteiger partial charge >= 0.3 is 12.1 Å². The van der Waals surface area contributed by atoms with Gasteiger partial charge in [-0.1, -0.05) is 17.7 Å². The number of rotatable bonds is 4. The molecule has 1 aromatic rings. The van der Waals surface area contributed by atoms with E-state index in [1.807, 2.05) is 0 Å². The highest BCUT2D eigenvalue weighted by atomic mass is 35.5. The highest BCUT2D eigenvalue weighted by molar-refractivity contribution is 6.30. The predicted molar refractivity (Wildman–Crippen MR) is 75.9 cm³/mol. The molecule has 1 aromatic carbocycles. The van der Waals surface area contributed by atoms with Gasteiger partial charge in [-0.15, -0.1) is 0 Å². The first-order valence-corrected chi connectivity index (χ1v) is 6.62. The molecule has 0 saturated carbocycles. The van der Waals surface area contributed by atoms with Crippen LogP contribution in [-0.4, -0.2) is 28.8 Å². The average molecular weight is 318 g/mol. The van der Waals surface area contributed by atoms with Gasteiger partial charge in [0.25, 0.3) is 0 Å². The van der Waals surface area contributed by atoms with E-state index in [-0.39, 0.29) is 11.4 Å². The second-order valence-electron chi connectivity index (χ2n) is 5.49. The first-order chi connectivity index (χ1) is 9.58. The summed E-state index contributed by atoms with van der Waals surface area (Å²) in [5.74, 6) is -1.88. The summed E-state index contributed by atoms with van der Waals surface area (Å²) in [5.41, 5.74) is -0.333. The number of nitrogens with one attached hydrogen (secondary N) is 1. The van der Waals surface area contributed by atoms with Crippen molar-refractivity contribution < 1.29 is 23.8 Å². The second-order valence-corrected chi connectivity index (χ2v) is 5.90. The van der Waals surface area contributed by atoms with Crippen molar-refractivity contribution in [3.8, 4) is 0 Å². The van der Waals surface area contributed by atoms with E-state index in [2.05, 4.69) is 5.32 Å². The van der Waals surface area contributed by atoms with Gasteiger partial charge in [-0.25, -0.2) is 14.0 Å². The fraction of sp³-hybridized carbons (Fsp3) is 0.429. The Balaban J connectivity index is 2.76. The standard InChI is InChI=1S/C14H17ClFNO4/c1-14(2,3)21-13(20)17-11(12(18)19)7-8-4-5-9(15)10(16)6-8/h4-6,11H,7H2,1-3H3,(H,17,20)(H,18,19)/t11-/m0/s1. The third-order valence-electron chi connectivity index (χ3n) is 2.41. The Morgan fingerprint density at radius 3 is 2.52 bits per heavy atom. The van der Waals surface area contributed by atoms with Crippen molar-refractivity contribution in [2.24, 2.45) is 0 Å². The Morgan fingerprint density at radius 1 is 1.43 bits per heavy atom. The number of alkyl carbamates (subject to hydrolysis) is 1. The molecule has 0 aliphatic carbocycles. The molecule has 0 bridgehead atoms. The first kappa shape index (κ1) is 17.2. The number of carboxylic acids is 1. The Morgan fingerprint density at radius 2 is 2.05 bits per heavy atom. The number of carbonyl (C=O) groups excluding carboxylic acids is 1. The SMILES string of the molecule is CC(C)(C)OC(=O)N[C@@H](Cc1ccc(Cl)c(F)c1)C(=O)O. The van der Waals surface area contributed by atoms with Crippen LogP contribution >= 0.6 is 11.6 Å². The van der Waals surface area contributed by atoms with Crippen molar-refractivity contribution in [2.75, 3.05) is 0 Å². The lowest BCUT2D eigenvalue weighted by Crippen LogP contribution is -2.44. The van der Waals surface area contributed by atoms with Crippen LogP contribution in [0.4, 0.5) is 9.18 Å². The minimum Gasteiger partial charge on any atom is -0.480 e. The van der Waals surface area contributed by atoms with Crippen LogP contribution in [0, 0.1) is 5.82 Å². The molecule has 0 saturated heterocycles. The van der Waals surface area contributed by atoms with Gasteiger partial charge in [-0.2, -0.15) is 0 Å². The maximum Gasteiger partial charge on any atom is 0.408 e. The highest BCUT2D eigenvalue weighted by Crippen LogP contribution is 2.17. The summed E-state index contributed by atoms with van der Waals surface area (Å²) in [4.78, 5) is 22.8. The second kappa shape index (κ2) is 6.76. The molecule has 0 aromatic heterocycles. The normalized spacial score (nSPS) is 12.6. The van der Waals surface area contributed by atoms with E-state index in [0.717, 1.165) is 6.07 Å². The first-order valence-electron chi connectivity index (χ1n) is 6.25. The van der Waals surface area contributed by atoms with Gasteiger partial charge in [0.15, 0.2) is 0 Å². The van der Waals surface area contributed by atoms with Crippen molar-refractivity contribution in [1.29, 1.82) is 0 Å². The number of ether oxygens (including phenoxy) is 1. The molecule has 1 atom stereocenters. The Kier molecular flexibility index (Phi) is 5.54. The molecule has 0 spiro atoms. The van der Waals surface area contributed by atoms with Crippen LogP contribution in [0.2, 0.25) is 5.02 Å². The van der Waals surface area contributed by atoms with E-state index >= 15 is 0 Å². The van der Waals surface area contributed by atoms with Gasteiger partial charge in [0.1, 0.15) is 17.5 Å². The quantitative estimate of drug-likeness (QED) is 0.895. The molecule has 1 amide bonds. The molecule has 7 heteroatoms. The lowest BCUT2D eigenvalue weighted by Gasteiger charge is -2.22. The fourth-order valence-electron chi connectivity index (χ4n) is 1.55. The number of benzene rings is 1. The van der Waals surface area contributed by atoms with Crippen LogP contribution in [0.5, 0.6) is 0 Å². The van der Waals surface area contributed by atoms with E-state index in [1.165, 1.54) is 12.1 Å². The molecule has 116 valence electrons. The molecule has 2 N–H and O–H groups in total. The lowest BCUT2D eigenvalue weighted by atomic mass is 10.1. The number of amides is 1. The largest absolute Gasteiger partial charge is 0.480 e. The number of aliphatic carboxylic acids is 1. The van der Waals surface area contributed by atoms with E-state index in [4.69, 9.17) is 21.4 Å². The van der Waals surface area contributed by atoms with Gasteiger partial charge in [0.05, 0.1) is 5.02 Å². The molecule has 0 aliphatic heterocycles. The van der Waals surface area contributed by atoms with Crippen LogP contribution in [0.25, 0.3) is 0 Å². The van der Waals surface area contributed by atoms with Crippen molar-refractivity contribution in [3.63, 3.8) is 0 Å². The minimum absolute atomic E-state index is 0.0503. The summed E-state index contributed by atoms with van der Waals surface area (Å²) in [7, 11) is 0. The van der Waals surface area contributed by atoms with E-state index < -0.39 is 29.5 Å². The molecule has 0 radical (unpaired) electrons. The van der Waals surface area contributed by atoms with Gasteiger partial charge in [0, 0.05) is 6.42 Å². The summed E-state index contributed by atoms with van der Waals surface area (Å²) < 4.78 is 18.3. The number of carboxylic acid groups (broad SMARTS) is 1. The van der Waals surface area contributed by atoms with Gasteiger partial charge in [-0.05, 0) is 38.5 Å². The Labute approximate surface area is 127 Å². The molecule has 0 unspecified atom stereocenters. The summed E-state index contributed by atoms with van der Waals surface area (Å²) in [6, 6.07) is 2.74. The van der Waals surface area contributed by atoms with Crippen LogP contribution in [0.3, 0.4) is 0 Å². The van der Waals surface area contributed by atoms with Crippen molar-refractivity contribution >= 4 is 23.7 Å². The molecule has 1 rings (SSSR count). The van der Waals surface area contributed by atoms with Gasteiger partial charge in [-0.3, -0.25) is 0 Å². The zero-order valence-corrected chi connectivity index (χ0v) is 12.7. The molecule has 5 nitrogen and oxygen atoms in total. The monoisotopic (exact) mass is 317 g/mol. The van der Waals surface area contributed by atoms with Crippen LogP contribution < -0.4 is 5.32 Å². The minimum atomic E-state index is -1.24. The number of hydrogen-bond acceptors (Lipinski definition) is 3. The van der Waals surface area contributed by atoms with Crippen molar-refractivity contribution in [1.82, 2.24) is 5.32 Å². The lowest BCUT2D eigenvalue weighted by molar-refractivity contribution is -0.139. The van der Waals surface area contributed by atoms with Crippen LogP contribution in [0.15, 0.2) is 18.2 Å². The zero-order valence-electron chi connectivity index (χ0n) is 11.9. The van der Waals surface area contributed by atoms with Crippen LogP contribution in [0.1, 0.15) is 26.3 Å². The predicted octanol–water partition coefficient (Wildman–Crippen LogP) is 3.00. The van der Waals surface area contributed by atoms with Gasteiger partial charge < -0.3 is 15.2 Å². The number of halogens is 2. The summed E-state index contributed by atoms with van der Waals surface area (Å²) >= 11 is 5.56. The molecule has 0 aliphatic rings. The molecule has 0 fully saturated rings. The number of hydrogen-bond donors (Lipinski definition) is 2. The highest BCUT2D eigenvalue weighted by Gasteiger charge is 2.24. The maximum atomic E-state index is 13.3.